The molecule has 0 saturated heterocycles. The molecule has 0 bridgehead atoms. The number of rotatable bonds is 5. The van der Waals surface area contributed by atoms with E-state index in [1.807, 2.05) is 56.8 Å². The Morgan fingerprint density at radius 3 is 2.68 bits per heavy atom. The van der Waals surface area contributed by atoms with Crippen LogP contribution in [0.1, 0.15) is 24.4 Å². The van der Waals surface area contributed by atoms with E-state index in [0.717, 1.165) is 17.7 Å². The van der Waals surface area contributed by atoms with Gasteiger partial charge in [0.05, 0.1) is 12.2 Å². The van der Waals surface area contributed by atoms with E-state index in [2.05, 4.69) is 27.1 Å². The van der Waals surface area contributed by atoms with Gasteiger partial charge in [0.1, 0.15) is 0 Å². The molecule has 0 amide bonds. The molecule has 2 aromatic heterocycles. The molecule has 2 heterocycles. The van der Waals surface area contributed by atoms with Crippen molar-refractivity contribution in [2.45, 2.75) is 19.5 Å². The summed E-state index contributed by atoms with van der Waals surface area (Å²) in [6.45, 7) is 2.83. The topological polar surface area (TPSA) is 60.0 Å². The molecule has 22 heavy (non-hydrogen) atoms. The van der Waals surface area contributed by atoms with Gasteiger partial charge < -0.3 is 4.42 Å². The first-order valence-electron chi connectivity index (χ1n) is 7.20. The zero-order chi connectivity index (χ0) is 15.5. The van der Waals surface area contributed by atoms with Crippen LogP contribution in [0.5, 0.6) is 0 Å². The third-order valence-electron chi connectivity index (χ3n) is 3.67. The predicted octanol–water partition coefficient (Wildman–Crippen LogP) is 2.66. The summed E-state index contributed by atoms with van der Waals surface area (Å²) in [4.78, 5) is 2.15. The Kier molecular flexibility index (Phi) is 4.02. The highest BCUT2D eigenvalue weighted by molar-refractivity contribution is 5.51. The molecule has 0 saturated carbocycles. The van der Waals surface area contributed by atoms with E-state index in [-0.39, 0.29) is 6.04 Å². The molecule has 3 rings (SSSR count). The molecule has 6 heteroatoms. The van der Waals surface area contributed by atoms with Crippen molar-refractivity contribution in [3.05, 3.63) is 54.2 Å². The molecular weight excluding hydrogens is 278 g/mol. The summed E-state index contributed by atoms with van der Waals surface area (Å²) in [5, 5.41) is 12.5. The van der Waals surface area contributed by atoms with Crippen molar-refractivity contribution in [2.75, 3.05) is 7.05 Å². The minimum absolute atomic E-state index is 0.0326. The van der Waals surface area contributed by atoms with Gasteiger partial charge >= 0.3 is 0 Å². The van der Waals surface area contributed by atoms with Crippen LogP contribution >= 0.6 is 0 Å². The Bertz CT molecular complexity index is 734. The largest absolute Gasteiger partial charge is 0.419 e. The predicted molar refractivity (Wildman–Crippen MR) is 82.8 cm³/mol. The number of benzene rings is 1. The van der Waals surface area contributed by atoms with Crippen LogP contribution in [0.15, 0.2) is 47.1 Å². The highest BCUT2D eigenvalue weighted by Gasteiger charge is 2.19. The molecule has 3 aromatic rings. The van der Waals surface area contributed by atoms with Crippen molar-refractivity contribution < 1.29 is 4.42 Å². The lowest BCUT2D eigenvalue weighted by atomic mass is 10.2. The van der Waals surface area contributed by atoms with Crippen molar-refractivity contribution in [1.82, 2.24) is 24.9 Å². The summed E-state index contributed by atoms with van der Waals surface area (Å²) in [5.41, 5.74) is 2.09. The van der Waals surface area contributed by atoms with Crippen molar-refractivity contribution in [2.24, 2.45) is 7.05 Å². The third-order valence-corrected chi connectivity index (χ3v) is 3.67. The second kappa shape index (κ2) is 6.11. The van der Waals surface area contributed by atoms with E-state index >= 15 is 0 Å². The maximum atomic E-state index is 5.81. The summed E-state index contributed by atoms with van der Waals surface area (Å²) in [7, 11) is 3.95. The molecule has 1 atom stereocenters. The summed E-state index contributed by atoms with van der Waals surface area (Å²) in [5.74, 6) is 1.17. The second-order valence-electron chi connectivity index (χ2n) is 5.42. The van der Waals surface area contributed by atoms with E-state index in [1.165, 1.54) is 0 Å². The highest BCUT2D eigenvalue weighted by atomic mass is 16.4. The van der Waals surface area contributed by atoms with Gasteiger partial charge in [-0.2, -0.15) is 5.10 Å². The first kappa shape index (κ1) is 14.5. The monoisotopic (exact) mass is 297 g/mol. The summed E-state index contributed by atoms with van der Waals surface area (Å²) in [6.07, 6.45) is 3.87. The van der Waals surface area contributed by atoms with Gasteiger partial charge in [-0.05, 0) is 26.1 Å². The van der Waals surface area contributed by atoms with E-state index < -0.39 is 0 Å². The zero-order valence-corrected chi connectivity index (χ0v) is 13.0. The van der Waals surface area contributed by atoms with E-state index in [1.54, 1.807) is 4.68 Å². The molecular formula is C16H19N5O. The average molecular weight is 297 g/mol. The van der Waals surface area contributed by atoms with Crippen molar-refractivity contribution in [3.63, 3.8) is 0 Å². The summed E-state index contributed by atoms with van der Waals surface area (Å²) in [6, 6.07) is 9.83. The van der Waals surface area contributed by atoms with Gasteiger partial charge in [-0.15, -0.1) is 10.2 Å². The zero-order valence-electron chi connectivity index (χ0n) is 13.0. The number of nitrogens with zero attached hydrogens (tertiary/aromatic N) is 5. The van der Waals surface area contributed by atoms with Crippen LogP contribution in [0.25, 0.3) is 11.5 Å². The van der Waals surface area contributed by atoms with Crippen LogP contribution in [-0.2, 0) is 13.6 Å². The smallest absolute Gasteiger partial charge is 0.247 e. The lowest BCUT2D eigenvalue weighted by Crippen LogP contribution is -2.22. The number of hydrogen-bond donors (Lipinski definition) is 0. The first-order valence-corrected chi connectivity index (χ1v) is 7.20. The Labute approximate surface area is 129 Å². The molecule has 6 nitrogen and oxygen atoms in total. The van der Waals surface area contributed by atoms with Gasteiger partial charge in [-0.25, -0.2) is 0 Å². The molecule has 1 aromatic carbocycles. The van der Waals surface area contributed by atoms with Crippen LogP contribution in [0.4, 0.5) is 0 Å². The van der Waals surface area contributed by atoms with Crippen LogP contribution in [-0.4, -0.2) is 31.9 Å². The minimum atomic E-state index is 0.0326. The standard InChI is InChI=1S/C16H19N5O/c1-12(20(2)10-13-9-17-21(3)11-13)15-18-19-16(22-15)14-7-5-4-6-8-14/h4-9,11-12H,10H2,1-3H3. The fourth-order valence-electron chi connectivity index (χ4n) is 2.27. The Balaban J connectivity index is 1.72. The van der Waals surface area contributed by atoms with Crippen molar-refractivity contribution in [3.8, 4) is 11.5 Å². The van der Waals surface area contributed by atoms with Gasteiger partial charge in [0.25, 0.3) is 0 Å². The van der Waals surface area contributed by atoms with E-state index in [0.29, 0.717) is 11.8 Å². The molecule has 0 aliphatic heterocycles. The average Bonchev–Trinajstić information content (AvgIpc) is 3.17. The van der Waals surface area contributed by atoms with Crippen LogP contribution in [0, 0.1) is 0 Å². The fraction of sp³-hybridized carbons (Fsp3) is 0.312. The maximum absolute atomic E-state index is 5.81. The quantitative estimate of drug-likeness (QED) is 0.724. The lowest BCUT2D eigenvalue weighted by Gasteiger charge is -2.20. The van der Waals surface area contributed by atoms with E-state index in [4.69, 9.17) is 4.42 Å². The molecule has 1 unspecified atom stereocenters. The van der Waals surface area contributed by atoms with Gasteiger partial charge in [0.15, 0.2) is 0 Å². The molecule has 114 valence electrons. The van der Waals surface area contributed by atoms with Crippen LogP contribution < -0.4 is 0 Å². The van der Waals surface area contributed by atoms with Crippen molar-refractivity contribution in [1.29, 1.82) is 0 Å². The lowest BCUT2D eigenvalue weighted by molar-refractivity contribution is 0.218. The number of aryl methyl sites for hydroxylation is 1. The number of aromatic nitrogens is 4. The molecule has 0 N–H and O–H groups in total. The minimum Gasteiger partial charge on any atom is -0.419 e. The van der Waals surface area contributed by atoms with Crippen LogP contribution in [0.2, 0.25) is 0 Å². The molecule has 0 aliphatic rings. The first-order chi connectivity index (χ1) is 10.6. The summed E-state index contributed by atoms with van der Waals surface area (Å²) >= 11 is 0. The fourth-order valence-corrected chi connectivity index (χ4v) is 2.27. The van der Waals surface area contributed by atoms with E-state index in [9.17, 15) is 0 Å². The van der Waals surface area contributed by atoms with Gasteiger partial charge in [0, 0.05) is 30.9 Å². The van der Waals surface area contributed by atoms with Gasteiger partial charge in [-0.1, -0.05) is 18.2 Å². The Morgan fingerprint density at radius 1 is 1.23 bits per heavy atom. The maximum Gasteiger partial charge on any atom is 0.247 e. The third kappa shape index (κ3) is 3.07. The van der Waals surface area contributed by atoms with Crippen molar-refractivity contribution >= 4 is 0 Å². The van der Waals surface area contributed by atoms with Gasteiger partial charge in [-0.3, -0.25) is 9.58 Å². The summed E-state index contributed by atoms with van der Waals surface area (Å²) < 4.78 is 7.61. The Morgan fingerprint density at radius 2 is 2.00 bits per heavy atom. The SMILES string of the molecule is CC(c1nnc(-c2ccccc2)o1)N(C)Cc1cnn(C)c1. The normalized spacial score (nSPS) is 12.7. The number of hydrogen-bond acceptors (Lipinski definition) is 5. The van der Waals surface area contributed by atoms with Gasteiger partial charge in [0.2, 0.25) is 11.8 Å². The molecule has 0 radical (unpaired) electrons. The molecule has 0 spiro atoms. The molecule has 0 fully saturated rings. The Hall–Kier alpha value is -2.47. The second-order valence-corrected chi connectivity index (χ2v) is 5.42. The van der Waals surface area contributed by atoms with Crippen LogP contribution in [0.3, 0.4) is 0 Å². The molecule has 0 aliphatic carbocycles. The highest BCUT2D eigenvalue weighted by Crippen LogP contribution is 2.23.